The van der Waals surface area contributed by atoms with Gasteiger partial charge in [-0.2, -0.15) is 0 Å². The topological polar surface area (TPSA) is 50.7 Å². The summed E-state index contributed by atoms with van der Waals surface area (Å²) in [5, 5.41) is 14.8. The van der Waals surface area contributed by atoms with Crippen LogP contribution in [-0.4, -0.2) is 22.7 Å². The zero-order valence-electron chi connectivity index (χ0n) is 10.0. The number of hydrogen-bond acceptors (Lipinski definition) is 5. The molecule has 18 heavy (non-hydrogen) atoms. The molecule has 1 aromatic carbocycles. The minimum atomic E-state index is 0.508. The lowest BCUT2D eigenvalue weighted by atomic mass is 10.1. The van der Waals surface area contributed by atoms with Crippen LogP contribution in [0.1, 0.15) is 16.7 Å². The normalized spacial score (nSPS) is 10.4. The third-order valence-corrected chi connectivity index (χ3v) is 3.60. The maximum atomic E-state index is 8.14. The first-order chi connectivity index (χ1) is 8.60. The summed E-state index contributed by atoms with van der Waals surface area (Å²) in [5.41, 5.74) is 2.95. The molecule has 0 atom stereocenters. The molecule has 1 aromatic rings. The van der Waals surface area contributed by atoms with Crippen molar-refractivity contribution in [2.45, 2.75) is 18.7 Å². The second-order valence-electron chi connectivity index (χ2n) is 3.60. The van der Waals surface area contributed by atoms with Gasteiger partial charge in [-0.15, -0.1) is 15.9 Å². The van der Waals surface area contributed by atoms with E-state index in [1.807, 2.05) is 26.0 Å². The summed E-state index contributed by atoms with van der Waals surface area (Å²) in [7, 11) is 0. The molecule has 0 bridgehead atoms. The zero-order valence-corrected chi connectivity index (χ0v) is 12.4. The molecule has 0 saturated heterocycles. The van der Waals surface area contributed by atoms with E-state index in [9.17, 15) is 0 Å². The average molecular weight is 308 g/mol. The molecule has 100 valence electrons. The van der Waals surface area contributed by atoms with Gasteiger partial charge in [-0.3, -0.25) is 0 Å². The molecule has 0 spiro atoms. The fraction of sp³-hybridized carbons (Fsp3) is 0.364. The lowest BCUT2D eigenvalue weighted by molar-refractivity contribution is -0.432. The Kier molecular flexibility index (Phi) is 6.91. The van der Waals surface area contributed by atoms with E-state index in [4.69, 9.17) is 29.1 Å². The summed E-state index contributed by atoms with van der Waals surface area (Å²) in [6, 6.07) is 3.88. The van der Waals surface area contributed by atoms with E-state index in [-0.39, 0.29) is 0 Å². The van der Waals surface area contributed by atoms with Crippen molar-refractivity contribution in [3.63, 3.8) is 0 Å². The maximum absolute atomic E-state index is 8.14. The van der Waals surface area contributed by atoms with E-state index in [1.54, 1.807) is 0 Å². The average Bonchev–Trinajstić information content (AvgIpc) is 2.36. The molecule has 4 nitrogen and oxygen atoms in total. The minimum Gasteiger partial charge on any atom is -0.375 e. The molecule has 2 N–H and O–H groups in total. The first kappa shape index (κ1) is 15.7. The number of aryl methyl sites for hydroxylation is 2. The Morgan fingerprint density at radius 1 is 1.44 bits per heavy atom. The second-order valence-corrected chi connectivity index (χ2v) is 5.13. The van der Waals surface area contributed by atoms with Gasteiger partial charge in [0.25, 0.3) is 0 Å². The molecule has 7 heteroatoms. The van der Waals surface area contributed by atoms with E-state index in [0.717, 1.165) is 33.6 Å². The number of benzene rings is 1. The van der Waals surface area contributed by atoms with E-state index in [2.05, 4.69) is 14.7 Å². The molecule has 0 fully saturated rings. The van der Waals surface area contributed by atoms with Crippen LogP contribution in [0.25, 0.3) is 0 Å². The molecule has 0 saturated carbocycles. The van der Waals surface area contributed by atoms with Crippen molar-refractivity contribution >= 4 is 40.9 Å². The van der Waals surface area contributed by atoms with Gasteiger partial charge < -0.3 is 5.32 Å². The monoisotopic (exact) mass is 307 g/mol. The van der Waals surface area contributed by atoms with Crippen LogP contribution in [-0.2, 0) is 9.37 Å². The smallest absolute Gasteiger partial charge is 0.106 e. The van der Waals surface area contributed by atoms with Gasteiger partial charge in [-0.25, -0.2) is 5.26 Å². The predicted octanol–water partition coefficient (Wildman–Crippen LogP) is 3.24. The standard InChI is InChI=1S/C11H14ClNO3S2/c1-7-6-10(18-16-15-14)8(2)5-9(7)11(17)13-4-3-12/h5-6,14H,3-4H2,1-2H3,(H,13,17). The molecule has 0 aliphatic carbocycles. The van der Waals surface area contributed by atoms with Crippen LogP contribution in [0, 0.1) is 13.8 Å². The van der Waals surface area contributed by atoms with Crippen LogP contribution in [0.5, 0.6) is 0 Å². The van der Waals surface area contributed by atoms with Crippen molar-refractivity contribution in [2.75, 3.05) is 12.4 Å². The maximum Gasteiger partial charge on any atom is 0.106 e. The van der Waals surface area contributed by atoms with Crippen molar-refractivity contribution in [3.8, 4) is 0 Å². The summed E-state index contributed by atoms with van der Waals surface area (Å²) in [6.45, 7) is 4.51. The number of alkyl halides is 1. The van der Waals surface area contributed by atoms with Gasteiger partial charge in [0.2, 0.25) is 0 Å². The molecule has 0 aliphatic rings. The van der Waals surface area contributed by atoms with Crippen molar-refractivity contribution in [2.24, 2.45) is 0 Å². The van der Waals surface area contributed by atoms with Gasteiger partial charge in [0.1, 0.15) is 4.99 Å². The third-order valence-electron chi connectivity index (χ3n) is 2.30. The van der Waals surface area contributed by atoms with Crippen LogP contribution in [0.3, 0.4) is 0 Å². The largest absolute Gasteiger partial charge is 0.375 e. The van der Waals surface area contributed by atoms with Gasteiger partial charge in [0.05, 0.1) is 12.0 Å². The van der Waals surface area contributed by atoms with Crippen LogP contribution >= 0.6 is 35.9 Å². The van der Waals surface area contributed by atoms with Crippen molar-refractivity contribution in [1.29, 1.82) is 0 Å². The van der Waals surface area contributed by atoms with Gasteiger partial charge in [-0.05, 0) is 37.1 Å². The molecular formula is C11H14ClNO3S2. The quantitative estimate of drug-likeness (QED) is 0.277. The summed E-state index contributed by atoms with van der Waals surface area (Å²) >= 11 is 11.8. The first-order valence-electron chi connectivity index (χ1n) is 5.20. The van der Waals surface area contributed by atoms with Crippen molar-refractivity contribution in [1.82, 2.24) is 5.32 Å². The Balaban J connectivity index is 2.88. The number of rotatable bonds is 6. The van der Waals surface area contributed by atoms with Gasteiger partial charge in [0.15, 0.2) is 0 Å². The van der Waals surface area contributed by atoms with Gasteiger partial charge in [-0.1, -0.05) is 17.3 Å². The molecule has 1 rings (SSSR count). The van der Waals surface area contributed by atoms with Gasteiger partial charge >= 0.3 is 0 Å². The highest BCUT2D eigenvalue weighted by Crippen LogP contribution is 2.26. The summed E-state index contributed by atoms with van der Waals surface area (Å²) in [5.74, 6) is 0.508. The van der Waals surface area contributed by atoms with Crippen LogP contribution in [0.4, 0.5) is 0 Å². The highest BCUT2D eigenvalue weighted by molar-refractivity contribution is 7.94. The summed E-state index contributed by atoms with van der Waals surface area (Å²) in [6.07, 6.45) is 0. The first-order valence-corrected chi connectivity index (χ1v) is 6.88. The van der Waals surface area contributed by atoms with Crippen molar-refractivity contribution < 1.29 is 14.6 Å². The Morgan fingerprint density at radius 2 is 2.17 bits per heavy atom. The fourth-order valence-corrected chi connectivity index (χ4v) is 2.37. The van der Waals surface area contributed by atoms with Gasteiger partial charge in [0, 0.05) is 22.9 Å². The Morgan fingerprint density at radius 3 is 2.78 bits per heavy atom. The molecule has 0 unspecified atom stereocenters. The third kappa shape index (κ3) is 4.38. The predicted molar refractivity (Wildman–Crippen MR) is 77.0 cm³/mol. The van der Waals surface area contributed by atoms with E-state index >= 15 is 0 Å². The van der Waals surface area contributed by atoms with Crippen LogP contribution in [0.15, 0.2) is 17.0 Å². The SMILES string of the molecule is Cc1cc(C(=S)NCCCl)c(C)cc1SOOO. The van der Waals surface area contributed by atoms with E-state index in [1.165, 1.54) is 0 Å². The number of thiocarbonyl (C=S) groups is 1. The zero-order chi connectivity index (χ0) is 13.5. The summed E-state index contributed by atoms with van der Waals surface area (Å²) < 4.78 is 4.43. The Hall–Kier alpha value is -0.370. The molecule has 0 aromatic heterocycles. The highest BCUT2D eigenvalue weighted by Gasteiger charge is 2.09. The Labute approximate surface area is 121 Å². The molecular weight excluding hydrogens is 294 g/mol. The Bertz CT molecular complexity index is 429. The lowest BCUT2D eigenvalue weighted by Gasteiger charge is -2.12. The van der Waals surface area contributed by atoms with E-state index in [0.29, 0.717) is 17.4 Å². The minimum absolute atomic E-state index is 0.508. The molecule has 0 heterocycles. The van der Waals surface area contributed by atoms with Crippen LogP contribution < -0.4 is 5.32 Å². The second kappa shape index (κ2) is 7.93. The number of halogens is 1. The van der Waals surface area contributed by atoms with Crippen molar-refractivity contribution in [3.05, 3.63) is 28.8 Å². The highest BCUT2D eigenvalue weighted by atomic mass is 35.5. The fourth-order valence-electron chi connectivity index (χ4n) is 1.43. The van der Waals surface area contributed by atoms with E-state index < -0.39 is 0 Å². The van der Waals surface area contributed by atoms with Crippen LogP contribution in [0.2, 0.25) is 0 Å². The molecule has 0 radical (unpaired) electrons. The molecule has 0 amide bonds. The molecule has 0 aliphatic heterocycles. The summed E-state index contributed by atoms with van der Waals surface area (Å²) in [4.78, 5) is 1.53. The lowest BCUT2D eigenvalue weighted by Crippen LogP contribution is -2.25. The number of hydrogen-bond donors (Lipinski definition) is 2. The number of nitrogens with one attached hydrogen (secondary N) is 1.